The highest BCUT2D eigenvalue weighted by atomic mass is 19.3. The fourth-order valence-corrected chi connectivity index (χ4v) is 0.233. The van der Waals surface area contributed by atoms with Crippen LogP contribution in [0.3, 0.4) is 0 Å². The van der Waals surface area contributed by atoms with E-state index in [0.29, 0.717) is 6.47 Å². The minimum absolute atomic E-state index is 0.318. The lowest BCUT2D eigenvalue weighted by molar-refractivity contribution is -0.138. The van der Waals surface area contributed by atoms with Crippen LogP contribution >= 0.6 is 0 Å². The highest BCUT2D eigenvalue weighted by Gasteiger charge is 2.07. The standard InChI is InChI=1S/C5H10O2.C2H6F2N2/c1-5(2,3)7-4-6;3-2(4)1-6-5/h4H,1-3H3;2,6H,1,5H2. The third-order valence-corrected chi connectivity index (χ3v) is 0.674. The number of hydrazine groups is 1. The van der Waals surface area contributed by atoms with Crippen molar-refractivity contribution in [3.63, 3.8) is 0 Å². The number of ether oxygens (including phenoxy) is 1. The van der Waals surface area contributed by atoms with Crippen LogP contribution in [0.15, 0.2) is 0 Å². The topological polar surface area (TPSA) is 64.3 Å². The SMILES string of the molecule is CC(C)(C)OC=O.NNCC(F)F. The number of carbonyl (C=O) groups is 1. The minimum Gasteiger partial charge on any atom is -0.462 e. The molecule has 0 unspecified atom stereocenters. The number of halogens is 2. The van der Waals surface area contributed by atoms with Gasteiger partial charge in [0.15, 0.2) is 0 Å². The third kappa shape index (κ3) is 24.6. The van der Waals surface area contributed by atoms with Crippen molar-refractivity contribution in [1.29, 1.82) is 0 Å². The van der Waals surface area contributed by atoms with Gasteiger partial charge in [-0.1, -0.05) is 0 Å². The summed E-state index contributed by atoms with van der Waals surface area (Å²) in [7, 11) is 0. The van der Waals surface area contributed by atoms with Crippen LogP contribution in [0.2, 0.25) is 0 Å². The molecule has 0 atom stereocenters. The summed E-state index contributed by atoms with van der Waals surface area (Å²) >= 11 is 0. The molecule has 4 nitrogen and oxygen atoms in total. The monoisotopic (exact) mass is 198 g/mol. The van der Waals surface area contributed by atoms with Gasteiger partial charge in [-0.25, -0.2) is 8.78 Å². The first-order chi connectivity index (χ1) is 5.83. The molecular weight excluding hydrogens is 182 g/mol. The van der Waals surface area contributed by atoms with Gasteiger partial charge in [0.2, 0.25) is 0 Å². The van der Waals surface area contributed by atoms with Crippen molar-refractivity contribution < 1.29 is 18.3 Å². The second kappa shape index (κ2) is 7.88. The van der Waals surface area contributed by atoms with Crippen LogP contribution in [0.4, 0.5) is 8.78 Å². The zero-order valence-electron chi connectivity index (χ0n) is 8.01. The molecule has 0 fully saturated rings. The average molecular weight is 198 g/mol. The van der Waals surface area contributed by atoms with E-state index < -0.39 is 13.0 Å². The number of rotatable bonds is 3. The summed E-state index contributed by atoms with van der Waals surface area (Å²) in [6.45, 7) is 5.49. The first kappa shape index (κ1) is 14.8. The lowest BCUT2D eigenvalue weighted by Gasteiger charge is -2.14. The van der Waals surface area contributed by atoms with E-state index in [2.05, 4.69) is 10.6 Å². The molecular formula is C7H16F2N2O2. The fraction of sp³-hybridized carbons (Fsp3) is 0.857. The Hall–Kier alpha value is -0.750. The predicted octanol–water partition coefficient (Wildman–Crippen LogP) is 0.673. The van der Waals surface area contributed by atoms with Crippen molar-refractivity contribution in [3.8, 4) is 0 Å². The molecule has 0 aliphatic rings. The smallest absolute Gasteiger partial charge is 0.293 e. The van der Waals surface area contributed by atoms with E-state index in [1.54, 1.807) is 0 Å². The largest absolute Gasteiger partial charge is 0.462 e. The summed E-state index contributed by atoms with van der Waals surface area (Å²) in [6.07, 6.45) is -2.34. The molecule has 0 aromatic rings. The molecule has 0 rings (SSSR count). The molecule has 0 spiro atoms. The molecule has 0 heterocycles. The lowest BCUT2D eigenvalue weighted by Crippen LogP contribution is -2.27. The van der Waals surface area contributed by atoms with E-state index in [4.69, 9.17) is 0 Å². The molecule has 0 aromatic heterocycles. The maximum Gasteiger partial charge on any atom is 0.293 e. The van der Waals surface area contributed by atoms with Crippen molar-refractivity contribution >= 4 is 6.47 Å². The normalized spacial score (nSPS) is 10.4. The Morgan fingerprint density at radius 3 is 2.00 bits per heavy atom. The second-order valence-electron chi connectivity index (χ2n) is 3.13. The Kier molecular flexibility index (Phi) is 8.94. The van der Waals surface area contributed by atoms with Gasteiger partial charge in [-0.3, -0.25) is 16.1 Å². The molecule has 13 heavy (non-hydrogen) atoms. The highest BCUT2D eigenvalue weighted by Crippen LogP contribution is 2.02. The van der Waals surface area contributed by atoms with Crippen molar-refractivity contribution in [2.75, 3.05) is 6.54 Å². The Morgan fingerprint density at radius 1 is 1.54 bits per heavy atom. The number of carbonyl (C=O) groups excluding carboxylic acids is 1. The summed E-state index contributed by atoms with van der Waals surface area (Å²) in [4.78, 5) is 9.60. The van der Waals surface area contributed by atoms with Gasteiger partial charge >= 0.3 is 0 Å². The number of alkyl halides is 2. The van der Waals surface area contributed by atoms with Crippen LogP contribution in [0.1, 0.15) is 20.8 Å². The molecule has 0 aliphatic carbocycles. The van der Waals surface area contributed by atoms with Crippen molar-refractivity contribution in [1.82, 2.24) is 5.43 Å². The number of hydrogen-bond acceptors (Lipinski definition) is 4. The first-order valence-corrected chi connectivity index (χ1v) is 3.66. The van der Waals surface area contributed by atoms with Crippen LogP contribution in [0, 0.1) is 0 Å². The molecule has 0 bridgehead atoms. The zero-order valence-corrected chi connectivity index (χ0v) is 8.01. The molecule has 80 valence electrons. The zero-order chi connectivity index (χ0) is 10.9. The molecule has 0 saturated heterocycles. The second-order valence-corrected chi connectivity index (χ2v) is 3.13. The Balaban J connectivity index is 0. The maximum atomic E-state index is 10.9. The van der Waals surface area contributed by atoms with Crippen LogP contribution in [0.25, 0.3) is 0 Å². The van der Waals surface area contributed by atoms with Gasteiger partial charge in [0, 0.05) is 0 Å². The summed E-state index contributed by atoms with van der Waals surface area (Å²) in [5.74, 6) is 4.50. The predicted molar refractivity (Wildman–Crippen MR) is 45.1 cm³/mol. The molecule has 6 heteroatoms. The van der Waals surface area contributed by atoms with Gasteiger partial charge in [-0.05, 0) is 20.8 Å². The lowest BCUT2D eigenvalue weighted by atomic mass is 10.2. The van der Waals surface area contributed by atoms with E-state index in [1.807, 2.05) is 26.2 Å². The summed E-state index contributed by atoms with van der Waals surface area (Å²) in [6, 6.07) is 0. The summed E-state index contributed by atoms with van der Waals surface area (Å²) in [5, 5.41) is 0. The molecule has 3 N–H and O–H groups in total. The molecule has 0 aromatic carbocycles. The van der Waals surface area contributed by atoms with Crippen LogP contribution < -0.4 is 11.3 Å². The molecule has 0 aliphatic heterocycles. The van der Waals surface area contributed by atoms with Crippen LogP contribution in [-0.4, -0.2) is 25.0 Å². The van der Waals surface area contributed by atoms with Crippen molar-refractivity contribution in [3.05, 3.63) is 0 Å². The Labute approximate surface area is 76.4 Å². The summed E-state index contributed by atoms with van der Waals surface area (Å²) < 4.78 is 26.3. The van der Waals surface area contributed by atoms with Gasteiger partial charge in [0.25, 0.3) is 12.9 Å². The molecule has 0 saturated carbocycles. The first-order valence-electron chi connectivity index (χ1n) is 3.66. The maximum absolute atomic E-state index is 10.9. The molecule has 0 radical (unpaired) electrons. The Bertz CT molecular complexity index is 126. The number of hydrogen-bond donors (Lipinski definition) is 2. The quantitative estimate of drug-likeness (QED) is 0.397. The number of nitrogens with two attached hydrogens (primary N) is 1. The van der Waals surface area contributed by atoms with Gasteiger partial charge in [-0.2, -0.15) is 0 Å². The number of nitrogens with one attached hydrogen (secondary N) is 1. The Morgan fingerprint density at radius 2 is 2.00 bits per heavy atom. The van der Waals surface area contributed by atoms with Crippen molar-refractivity contribution in [2.24, 2.45) is 5.84 Å². The van der Waals surface area contributed by atoms with Gasteiger partial charge in [-0.15, -0.1) is 0 Å². The fourth-order valence-electron chi connectivity index (χ4n) is 0.233. The molecule has 0 amide bonds. The van der Waals surface area contributed by atoms with Gasteiger partial charge in [0.05, 0.1) is 6.54 Å². The van der Waals surface area contributed by atoms with Crippen LogP contribution in [-0.2, 0) is 9.53 Å². The summed E-state index contributed by atoms with van der Waals surface area (Å²) in [5.41, 5.74) is 1.50. The van der Waals surface area contributed by atoms with E-state index >= 15 is 0 Å². The average Bonchev–Trinajstić information content (AvgIpc) is 1.84. The van der Waals surface area contributed by atoms with Crippen molar-refractivity contribution in [2.45, 2.75) is 32.8 Å². The third-order valence-electron chi connectivity index (χ3n) is 0.674. The highest BCUT2D eigenvalue weighted by molar-refractivity contribution is 5.37. The van der Waals surface area contributed by atoms with E-state index in [0.717, 1.165) is 0 Å². The minimum atomic E-state index is -2.34. The van der Waals surface area contributed by atoms with E-state index in [-0.39, 0.29) is 5.60 Å². The van der Waals surface area contributed by atoms with E-state index in [9.17, 15) is 13.6 Å². The van der Waals surface area contributed by atoms with Crippen LogP contribution in [0.5, 0.6) is 0 Å². The van der Waals surface area contributed by atoms with Gasteiger partial charge < -0.3 is 4.74 Å². The van der Waals surface area contributed by atoms with Gasteiger partial charge in [0.1, 0.15) is 5.60 Å². The van der Waals surface area contributed by atoms with E-state index in [1.165, 1.54) is 0 Å².